The molecule has 12 heavy (non-hydrogen) atoms. The van der Waals surface area contributed by atoms with Crippen molar-refractivity contribution in [3.63, 3.8) is 0 Å². The van der Waals surface area contributed by atoms with Crippen molar-refractivity contribution < 1.29 is 4.39 Å². The van der Waals surface area contributed by atoms with Crippen LogP contribution in [0, 0.1) is 12.7 Å². The minimum Gasteiger partial charge on any atom is -0.207 e. The summed E-state index contributed by atoms with van der Waals surface area (Å²) >= 11 is 0. The third-order valence-corrected chi connectivity index (χ3v) is 1.65. The second-order valence-corrected chi connectivity index (χ2v) is 2.60. The zero-order valence-corrected chi connectivity index (χ0v) is 7.05. The molecule has 0 spiro atoms. The molecule has 0 unspecified atom stereocenters. The highest BCUT2D eigenvalue weighted by molar-refractivity contribution is 5.54. The summed E-state index contributed by atoms with van der Waals surface area (Å²) in [6.07, 6.45) is 5.30. The monoisotopic (exact) mass is 162 g/mol. The summed E-state index contributed by atoms with van der Waals surface area (Å²) in [5, 5.41) is 0. The van der Waals surface area contributed by atoms with Crippen molar-refractivity contribution in [1.82, 2.24) is 0 Å². The number of halogens is 1. The van der Waals surface area contributed by atoms with E-state index in [4.69, 9.17) is 0 Å². The Morgan fingerprint density at radius 2 is 2.17 bits per heavy atom. The van der Waals surface area contributed by atoms with Crippen LogP contribution in [0.25, 0.3) is 6.08 Å². The van der Waals surface area contributed by atoms with Crippen molar-refractivity contribution in [2.45, 2.75) is 6.92 Å². The van der Waals surface area contributed by atoms with E-state index >= 15 is 0 Å². The van der Waals surface area contributed by atoms with Gasteiger partial charge in [-0.2, -0.15) is 0 Å². The second-order valence-electron chi connectivity index (χ2n) is 2.60. The lowest BCUT2D eigenvalue weighted by Gasteiger charge is -1.98. The van der Waals surface area contributed by atoms with Gasteiger partial charge in [-0.15, -0.1) is 0 Å². The topological polar surface area (TPSA) is 0 Å². The fraction of sp³-hybridized carbons (Fsp3) is 0.0909. The molecule has 1 aromatic carbocycles. The van der Waals surface area contributed by atoms with Gasteiger partial charge >= 0.3 is 0 Å². The zero-order chi connectivity index (χ0) is 8.97. The Labute approximate surface area is 72.0 Å². The van der Waals surface area contributed by atoms with Crippen LogP contribution < -0.4 is 0 Å². The summed E-state index contributed by atoms with van der Waals surface area (Å²) in [5.74, 6) is -0.204. The van der Waals surface area contributed by atoms with Crippen LogP contribution in [0.4, 0.5) is 4.39 Å². The SMILES string of the molecule is C=C/C=C\c1cc(F)ccc1C. The quantitative estimate of drug-likeness (QED) is 0.585. The second kappa shape index (κ2) is 3.86. The number of benzene rings is 1. The minimum absolute atomic E-state index is 0.204. The van der Waals surface area contributed by atoms with E-state index in [9.17, 15) is 4.39 Å². The highest BCUT2D eigenvalue weighted by Crippen LogP contribution is 2.11. The normalized spacial score (nSPS) is 10.5. The van der Waals surface area contributed by atoms with E-state index in [1.165, 1.54) is 12.1 Å². The van der Waals surface area contributed by atoms with Gasteiger partial charge in [0.05, 0.1) is 0 Å². The molecule has 1 aromatic rings. The molecule has 0 nitrogen and oxygen atoms in total. The fourth-order valence-corrected chi connectivity index (χ4v) is 0.963. The summed E-state index contributed by atoms with van der Waals surface area (Å²) in [4.78, 5) is 0. The maximum absolute atomic E-state index is 12.7. The maximum atomic E-state index is 12.7. The first kappa shape index (κ1) is 8.72. The Morgan fingerprint density at radius 1 is 1.42 bits per heavy atom. The third-order valence-electron chi connectivity index (χ3n) is 1.65. The summed E-state index contributed by atoms with van der Waals surface area (Å²) < 4.78 is 12.7. The lowest BCUT2D eigenvalue weighted by Crippen LogP contribution is -1.81. The Hall–Kier alpha value is -1.37. The molecular weight excluding hydrogens is 151 g/mol. The average Bonchev–Trinajstić information content (AvgIpc) is 2.07. The molecule has 1 heteroatoms. The van der Waals surface area contributed by atoms with E-state index in [-0.39, 0.29) is 5.82 Å². The molecule has 0 aliphatic carbocycles. The molecule has 0 saturated carbocycles. The van der Waals surface area contributed by atoms with Crippen LogP contribution in [0.5, 0.6) is 0 Å². The van der Waals surface area contributed by atoms with Crippen LogP contribution in [-0.2, 0) is 0 Å². The summed E-state index contributed by atoms with van der Waals surface area (Å²) in [6, 6.07) is 4.73. The van der Waals surface area contributed by atoms with Crippen LogP contribution in [0.1, 0.15) is 11.1 Å². The Kier molecular flexibility index (Phi) is 2.81. The number of aryl methyl sites for hydroxylation is 1. The highest BCUT2D eigenvalue weighted by Gasteiger charge is 1.94. The summed E-state index contributed by atoms with van der Waals surface area (Å²) in [7, 11) is 0. The van der Waals surface area contributed by atoms with Crippen LogP contribution in [0.3, 0.4) is 0 Å². The van der Waals surface area contributed by atoms with Crippen molar-refractivity contribution in [2.75, 3.05) is 0 Å². The van der Waals surface area contributed by atoms with Gasteiger partial charge in [-0.05, 0) is 30.2 Å². The fourth-order valence-electron chi connectivity index (χ4n) is 0.963. The maximum Gasteiger partial charge on any atom is 0.123 e. The van der Waals surface area contributed by atoms with Crippen LogP contribution >= 0.6 is 0 Å². The van der Waals surface area contributed by atoms with Crippen LogP contribution in [0.15, 0.2) is 36.9 Å². The zero-order valence-electron chi connectivity index (χ0n) is 7.05. The number of rotatable bonds is 2. The molecular formula is C11H11F. The van der Waals surface area contributed by atoms with Gasteiger partial charge < -0.3 is 0 Å². The van der Waals surface area contributed by atoms with Crippen LogP contribution in [-0.4, -0.2) is 0 Å². The first-order valence-corrected chi connectivity index (χ1v) is 3.79. The van der Waals surface area contributed by atoms with Crippen molar-refractivity contribution >= 4 is 6.08 Å². The molecule has 0 heterocycles. The smallest absolute Gasteiger partial charge is 0.123 e. The van der Waals surface area contributed by atoms with E-state index in [0.29, 0.717) is 0 Å². The average molecular weight is 162 g/mol. The molecule has 0 atom stereocenters. The number of hydrogen-bond donors (Lipinski definition) is 0. The van der Waals surface area contributed by atoms with Crippen molar-refractivity contribution in [2.24, 2.45) is 0 Å². The molecule has 0 aromatic heterocycles. The van der Waals surface area contributed by atoms with Gasteiger partial charge in [0.1, 0.15) is 5.82 Å². The molecule has 0 saturated heterocycles. The Bertz CT molecular complexity index is 311. The molecule has 0 fully saturated rings. The van der Waals surface area contributed by atoms with Gasteiger partial charge in [0.2, 0.25) is 0 Å². The number of hydrogen-bond acceptors (Lipinski definition) is 0. The van der Waals surface area contributed by atoms with E-state index < -0.39 is 0 Å². The van der Waals surface area contributed by atoms with Gasteiger partial charge in [0.25, 0.3) is 0 Å². The van der Waals surface area contributed by atoms with E-state index in [1.807, 2.05) is 13.0 Å². The predicted molar refractivity (Wildman–Crippen MR) is 50.4 cm³/mol. The first-order valence-electron chi connectivity index (χ1n) is 3.79. The van der Waals surface area contributed by atoms with E-state index in [1.54, 1.807) is 18.2 Å². The molecule has 0 aliphatic rings. The van der Waals surface area contributed by atoms with Gasteiger partial charge in [0, 0.05) is 0 Å². The lowest BCUT2D eigenvalue weighted by atomic mass is 10.1. The highest BCUT2D eigenvalue weighted by atomic mass is 19.1. The van der Waals surface area contributed by atoms with E-state index in [0.717, 1.165) is 11.1 Å². The molecule has 1 rings (SSSR count). The largest absolute Gasteiger partial charge is 0.207 e. The predicted octanol–water partition coefficient (Wildman–Crippen LogP) is 3.33. The van der Waals surface area contributed by atoms with Gasteiger partial charge in [0.15, 0.2) is 0 Å². The molecule has 0 bridgehead atoms. The van der Waals surface area contributed by atoms with Crippen molar-refractivity contribution in [3.05, 3.63) is 53.9 Å². The minimum atomic E-state index is -0.204. The molecule has 62 valence electrons. The summed E-state index contributed by atoms with van der Waals surface area (Å²) in [6.45, 7) is 5.49. The first-order chi connectivity index (χ1) is 5.74. The molecule has 0 aliphatic heterocycles. The Balaban J connectivity index is 3.04. The lowest BCUT2D eigenvalue weighted by molar-refractivity contribution is 0.627. The van der Waals surface area contributed by atoms with Crippen LogP contribution in [0.2, 0.25) is 0 Å². The van der Waals surface area contributed by atoms with E-state index in [2.05, 4.69) is 6.58 Å². The van der Waals surface area contributed by atoms with Crippen molar-refractivity contribution in [1.29, 1.82) is 0 Å². The van der Waals surface area contributed by atoms with Gasteiger partial charge in [-0.1, -0.05) is 30.9 Å². The Morgan fingerprint density at radius 3 is 2.83 bits per heavy atom. The standard InChI is InChI=1S/C11H11F/c1-3-4-5-10-8-11(12)7-6-9(10)2/h3-8H,1H2,2H3/b5-4-. The summed E-state index contributed by atoms with van der Waals surface area (Å²) in [5.41, 5.74) is 1.96. The number of allylic oxidation sites excluding steroid dienone is 2. The van der Waals surface area contributed by atoms with Crippen molar-refractivity contribution in [3.8, 4) is 0 Å². The molecule has 0 amide bonds. The third kappa shape index (κ3) is 2.06. The van der Waals surface area contributed by atoms with Gasteiger partial charge in [-0.3, -0.25) is 0 Å². The molecule has 0 radical (unpaired) electrons. The molecule has 0 N–H and O–H groups in total. The van der Waals surface area contributed by atoms with Gasteiger partial charge in [-0.25, -0.2) is 4.39 Å².